The van der Waals surface area contributed by atoms with Crippen LogP contribution in [0.2, 0.25) is 0 Å². The summed E-state index contributed by atoms with van der Waals surface area (Å²) in [5.74, 6) is 0.146. The van der Waals surface area contributed by atoms with Gasteiger partial charge in [-0.25, -0.2) is 4.79 Å². The van der Waals surface area contributed by atoms with Crippen molar-refractivity contribution in [1.82, 2.24) is 14.9 Å². The van der Waals surface area contributed by atoms with Gasteiger partial charge in [0.15, 0.2) is 0 Å². The maximum Gasteiger partial charge on any atom is 0.367 e. The Morgan fingerprint density at radius 1 is 1.35 bits per heavy atom. The molecule has 1 atom stereocenters. The summed E-state index contributed by atoms with van der Waals surface area (Å²) in [6.45, 7) is 2.48. The van der Waals surface area contributed by atoms with Crippen molar-refractivity contribution in [2.45, 2.75) is 18.1 Å². The molecule has 0 aliphatic carbocycles. The predicted octanol–water partition coefficient (Wildman–Crippen LogP) is 2.02. The van der Waals surface area contributed by atoms with Crippen molar-refractivity contribution in [3.05, 3.63) is 17.7 Å². The molecule has 26 heavy (non-hydrogen) atoms. The number of sulfonamides is 1. The van der Waals surface area contributed by atoms with E-state index in [1.54, 1.807) is 16.5 Å². The molecule has 2 heterocycles. The highest BCUT2D eigenvalue weighted by atomic mass is 32.3. The molecule has 0 aromatic carbocycles. The maximum absolute atomic E-state index is 12.3. The summed E-state index contributed by atoms with van der Waals surface area (Å²) < 4.78 is 36.7. The molecule has 0 bridgehead atoms. The Labute approximate surface area is 154 Å². The van der Waals surface area contributed by atoms with Gasteiger partial charge in [0, 0.05) is 12.7 Å². The zero-order valence-electron chi connectivity index (χ0n) is 14.3. The average molecular weight is 402 g/mol. The standard InChI is InChI=1S/C13H18N6O5S2/c1-4-5-19-6-7-25-13(19)26(21,22)18-17-12(20)16-11-14-9(23-2)8-10(15-11)24-3/h6-8,13H,4-5H2,1-3H3,(H,14,15,16,20)/b18-17+. The molecular formula is C13H18N6O5S2. The number of carbonyl (C=O) groups is 1. The lowest BCUT2D eigenvalue weighted by Gasteiger charge is -2.21. The van der Waals surface area contributed by atoms with Crippen molar-refractivity contribution in [3.63, 3.8) is 0 Å². The van der Waals surface area contributed by atoms with E-state index in [4.69, 9.17) is 9.47 Å². The number of urea groups is 1. The number of hydrogen-bond acceptors (Lipinski definition) is 9. The number of nitrogens with zero attached hydrogens (tertiary/aromatic N) is 5. The molecule has 1 aromatic rings. The molecule has 11 nitrogen and oxygen atoms in total. The van der Waals surface area contributed by atoms with Gasteiger partial charge in [0.1, 0.15) is 0 Å². The van der Waals surface area contributed by atoms with Crippen molar-refractivity contribution >= 4 is 33.8 Å². The molecule has 0 saturated carbocycles. The van der Waals surface area contributed by atoms with Crippen LogP contribution in [-0.2, 0) is 10.0 Å². The lowest BCUT2D eigenvalue weighted by Crippen LogP contribution is -2.31. The summed E-state index contributed by atoms with van der Waals surface area (Å²) in [5, 5.41) is 7.06. The molecule has 1 N–H and O–H groups in total. The van der Waals surface area contributed by atoms with Gasteiger partial charge in [0.05, 0.1) is 20.3 Å². The minimum absolute atomic E-state index is 0.153. The number of rotatable bonds is 7. The molecule has 1 aromatic heterocycles. The van der Waals surface area contributed by atoms with E-state index in [0.717, 1.165) is 18.2 Å². The van der Waals surface area contributed by atoms with Gasteiger partial charge in [-0.2, -0.15) is 18.4 Å². The molecule has 0 saturated heterocycles. The molecule has 0 fully saturated rings. The van der Waals surface area contributed by atoms with Crippen LogP contribution in [0, 0.1) is 0 Å². The monoisotopic (exact) mass is 402 g/mol. The first-order valence-corrected chi connectivity index (χ1v) is 9.87. The predicted molar refractivity (Wildman–Crippen MR) is 95.4 cm³/mol. The Bertz CT molecular complexity index is 791. The van der Waals surface area contributed by atoms with Crippen LogP contribution in [0.25, 0.3) is 0 Å². The summed E-state index contributed by atoms with van der Waals surface area (Å²) in [6.07, 6.45) is 2.44. The largest absolute Gasteiger partial charge is 0.481 e. The van der Waals surface area contributed by atoms with Crippen LogP contribution in [0.1, 0.15) is 13.3 Å². The molecule has 0 radical (unpaired) electrons. The first-order valence-electron chi connectivity index (χ1n) is 7.42. The van der Waals surface area contributed by atoms with Gasteiger partial charge < -0.3 is 14.4 Å². The average Bonchev–Trinajstić information content (AvgIpc) is 3.09. The van der Waals surface area contributed by atoms with Crippen molar-refractivity contribution in [2.75, 3.05) is 26.1 Å². The third-order valence-electron chi connectivity index (χ3n) is 3.02. The van der Waals surface area contributed by atoms with Crippen LogP contribution < -0.4 is 14.8 Å². The van der Waals surface area contributed by atoms with E-state index in [2.05, 4.69) is 24.9 Å². The van der Waals surface area contributed by atoms with Gasteiger partial charge in [0.25, 0.3) is 0 Å². The Morgan fingerprint density at radius 3 is 2.58 bits per heavy atom. The van der Waals surface area contributed by atoms with Crippen molar-refractivity contribution < 1.29 is 22.7 Å². The van der Waals surface area contributed by atoms with Crippen molar-refractivity contribution in [3.8, 4) is 11.8 Å². The van der Waals surface area contributed by atoms with E-state index in [-0.39, 0.29) is 17.7 Å². The van der Waals surface area contributed by atoms with Crippen molar-refractivity contribution in [1.29, 1.82) is 0 Å². The summed E-state index contributed by atoms with van der Waals surface area (Å²) >= 11 is 1.08. The second-order valence-electron chi connectivity index (χ2n) is 4.87. The molecular weight excluding hydrogens is 384 g/mol. The molecule has 0 spiro atoms. The smallest absolute Gasteiger partial charge is 0.367 e. The summed E-state index contributed by atoms with van der Waals surface area (Å²) in [5.41, 5.74) is 0. The fraction of sp³-hybridized carbons (Fsp3) is 0.462. The summed E-state index contributed by atoms with van der Waals surface area (Å²) in [4.78, 5) is 21.2. The van der Waals surface area contributed by atoms with Gasteiger partial charge in [-0.05, 0) is 11.8 Å². The lowest BCUT2D eigenvalue weighted by atomic mass is 10.4. The number of amides is 2. The Morgan fingerprint density at radius 2 is 2.00 bits per heavy atom. The van der Waals surface area contributed by atoms with Gasteiger partial charge in [-0.15, -0.1) is 0 Å². The zero-order chi connectivity index (χ0) is 19.2. The van der Waals surface area contributed by atoms with Crippen molar-refractivity contribution in [2.24, 2.45) is 9.63 Å². The van der Waals surface area contributed by atoms with E-state index in [1.807, 2.05) is 6.92 Å². The lowest BCUT2D eigenvalue weighted by molar-refractivity contribution is 0.258. The minimum Gasteiger partial charge on any atom is -0.481 e. The Hall–Kier alpha value is -2.41. The third kappa shape index (κ3) is 5.05. The van der Waals surface area contributed by atoms with Gasteiger partial charge in [-0.1, -0.05) is 28.3 Å². The highest BCUT2D eigenvalue weighted by Crippen LogP contribution is 2.30. The molecule has 1 aliphatic rings. The molecule has 142 valence electrons. The zero-order valence-corrected chi connectivity index (χ0v) is 16.0. The molecule has 13 heteroatoms. The third-order valence-corrected chi connectivity index (χ3v) is 5.95. The molecule has 2 amide bonds. The SMILES string of the molecule is CCCN1C=CSC1S(=O)(=O)/N=N/C(=O)Nc1nc(OC)cc(OC)n1. The Kier molecular flexibility index (Phi) is 6.74. The quantitative estimate of drug-likeness (QED) is 0.679. The second-order valence-corrected chi connectivity index (χ2v) is 7.80. The van der Waals surface area contributed by atoms with Crippen LogP contribution in [-0.4, -0.2) is 54.8 Å². The minimum atomic E-state index is -4.01. The fourth-order valence-corrected chi connectivity index (χ4v) is 4.28. The first kappa shape index (κ1) is 19.9. The molecule has 2 rings (SSSR count). The van der Waals surface area contributed by atoms with E-state index in [9.17, 15) is 13.2 Å². The number of hydrogen-bond donors (Lipinski definition) is 1. The van der Waals surface area contributed by atoms with Crippen LogP contribution in [0.5, 0.6) is 11.8 Å². The second kappa shape index (κ2) is 8.80. The number of nitrogens with one attached hydrogen (secondary N) is 1. The number of aromatic nitrogens is 2. The summed E-state index contributed by atoms with van der Waals surface area (Å²) in [7, 11) is -1.24. The van der Waals surface area contributed by atoms with Gasteiger partial charge in [-0.3, -0.25) is 5.32 Å². The maximum atomic E-state index is 12.3. The van der Waals surface area contributed by atoms with Crippen LogP contribution in [0.4, 0.5) is 10.7 Å². The van der Waals surface area contributed by atoms with E-state index < -0.39 is 20.8 Å². The number of ether oxygens (including phenoxy) is 2. The number of anilines is 1. The number of thioether (sulfide) groups is 1. The van der Waals surface area contributed by atoms with Crippen LogP contribution in [0.15, 0.2) is 27.3 Å². The topological polar surface area (TPSA) is 135 Å². The highest BCUT2D eigenvalue weighted by Gasteiger charge is 2.33. The number of carbonyl (C=O) groups excluding carboxylic acids is 1. The molecule has 1 unspecified atom stereocenters. The molecule has 1 aliphatic heterocycles. The van der Waals surface area contributed by atoms with Gasteiger partial charge >= 0.3 is 16.1 Å². The first-order chi connectivity index (χ1) is 12.4. The summed E-state index contributed by atoms with van der Waals surface area (Å²) in [6, 6.07) is 0.371. The van der Waals surface area contributed by atoms with E-state index in [1.165, 1.54) is 20.3 Å². The van der Waals surface area contributed by atoms with E-state index >= 15 is 0 Å². The number of methoxy groups -OCH3 is 2. The van der Waals surface area contributed by atoms with Gasteiger partial charge in [0.2, 0.25) is 22.4 Å². The normalized spacial score (nSPS) is 16.9. The highest BCUT2D eigenvalue weighted by molar-refractivity contribution is 8.14. The van der Waals surface area contributed by atoms with Crippen LogP contribution >= 0.6 is 11.8 Å². The van der Waals surface area contributed by atoms with E-state index in [0.29, 0.717) is 6.54 Å². The van der Waals surface area contributed by atoms with Crippen LogP contribution in [0.3, 0.4) is 0 Å². The fourth-order valence-electron chi connectivity index (χ4n) is 1.93. The Balaban J connectivity index is 2.07.